The Morgan fingerprint density at radius 3 is 2.42 bits per heavy atom. The fraction of sp³-hybridized carbons (Fsp3) is 0. The van der Waals surface area contributed by atoms with Crippen molar-refractivity contribution in [3.63, 3.8) is 0 Å². The summed E-state index contributed by atoms with van der Waals surface area (Å²) in [4.78, 5) is 21.6. The van der Waals surface area contributed by atoms with Crippen LogP contribution >= 0.6 is 31.9 Å². The summed E-state index contributed by atoms with van der Waals surface area (Å²) in [5.41, 5.74) is 3.24. The molecule has 0 spiro atoms. The number of aromatic carboxylic acids is 1. The van der Waals surface area contributed by atoms with Crippen LogP contribution < -0.4 is 0 Å². The Bertz CT molecular complexity index is 1050. The zero-order valence-electron chi connectivity index (χ0n) is 13.4. The molecule has 0 unspecified atom stereocenters. The summed E-state index contributed by atoms with van der Waals surface area (Å²) in [5.74, 6) is -1.01. The van der Waals surface area contributed by atoms with E-state index in [9.17, 15) is 4.79 Å². The molecule has 0 saturated heterocycles. The molecule has 0 saturated carbocycles. The fourth-order valence-corrected chi connectivity index (χ4v) is 2.98. The molecule has 5 nitrogen and oxygen atoms in total. The van der Waals surface area contributed by atoms with E-state index in [-0.39, 0.29) is 5.69 Å². The van der Waals surface area contributed by atoms with Crippen molar-refractivity contribution in [2.24, 2.45) is 0 Å². The average Bonchev–Trinajstić information content (AvgIpc) is 3.06. The van der Waals surface area contributed by atoms with Gasteiger partial charge in [0, 0.05) is 21.7 Å². The molecule has 0 aliphatic heterocycles. The van der Waals surface area contributed by atoms with E-state index in [2.05, 4.69) is 71.1 Å². The number of aromatic amines is 1. The maximum atomic E-state index is 10.3. The monoisotopic (exact) mass is 473 g/mol. The van der Waals surface area contributed by atoms with E-state index in [0.29, 0.717) is 4.60 Å². The van der Waals surface area contributed by atoms with Gasteiger partial charge in [0.1, 0.15) is 15.9 Å². The molecule has 0 bridgehead atoms. The molecule has 0 aliphatic carbocycles. The molecule has 3 heterocycles. The summed E-state index contributed by atoms with van der Waals surface area (Å²) in [6.07, 6.45) is 1.80. The number of rotatable bonds is 2. The first-order valence-electron chi connectivity index (χ1n) is 7.58. The third kappa shape index (κ3) is 4.56. The first-order valence-corrected chi connectivity index (χ1v) is 9.17. The second-order valence-corrected chi connectivity index (χ2v) is 7.02. The molecule has 130 valence electrons. The molecule has 0 fully saturated rings. The molecule has 2 N–H and O–H groups in total. The van der Waals surface area contributed by atoms with Crippen LogP contribution in [0, 0.1) is 0 Å². The molecule has 1 aromatic carbocycles. The Morgan fingerprint density at radius 1 is 1.00 bits per heavy atom. The normalized spacial score (nSPS) is 10.2. The molecular formula is C19H13Br2N3O2. The minimum Gasteiger partial charge on any atom is -0.477 e. The number of carbonyl (C=O) groups is 1. The Labute approximate surface area is 166 Å². The third-order valence-corrected chi connectivity index (χ3v) is 4.33. The maximum absolute atomic E-state index is 10.3. The van der Waals surface area contributed by atoms with Gasteiger partial charge in [0.05, 0.1) is 0 Å². The lowest BCUT2D eigenvalue weighted by atomic mass is 10.1. The van der Waals surface area contributed by atoms with Gasteiger partial charge in [-0.1, -0.05) is 36.4 Å². The summed E-state index contributed by atoms with van der Waals surface area (Å²) >= 11 is 6.48. The minimum absolute atomic E-state index is 0.0503. The number of pyridine rings is 2. The van der Waals surface area contributed by atoms with Gasteiger partial charge in [-0.25, -0.2) is 14.8 Å². The van der Waals surface area contributed by atoms with Crippen LogP contribution in [0.15, 0.2) is 75.9 Å². The highest BCUT2D eigenvalue weighted by Crippen LogP contribution is 2.24. The number of hydrogen-bond donors (Lipinski definition) is 2. The number of fused-ring (bicyclic) bond motifs is 1. The van der Waals surface area contributed by atoms with Gasteiger partial charge in [-0.15, -0.1) is 0 Å². The predicted octanol–water partition coefficient (Wildman–Crippen LogP) is 5.53. The topological polar surface area (TPSA) is 78.9 Å². The summed E-state index contributed by atoms with van der Waals surface area (Å²) in [6, 6.07) is 19.2. The number of benzene rings is 1. The van der Waals surface area contributed by atoms with Crippen LogP contribution in [-0.4, -0.2) is 26.0 Å². The third-order valence-electron chi connectivity index (χ3n) is 3.46. The molecule has 7 heteroatoms. The zero-order valence-corrected chi connectivity index (χ0v) is 16.5. The van der Waals surface area contributed by atoms with E-state index in [0.717, 1.165) is 21.2 Å². The summed E-state index contributed by atoms with van der Waals surface area (Å²) in [6.45, 7) is 0. The lowest BCUT2D eigenvalue weighted by molar-refractivity contribution is 0.0690. The second kappa shape index (κ2) is 8.25. The minimum atomic E-state index is -1.01. The van der Waals surface area contributed by atoms with Crippen LogP contribution in [0.5, 0.6) is 0 Å². The van der Waals surface area contributed by atoms with E-state index in [1.807, 2.05) is 18.2 Å². The van der Waals surface area contributed by atoms with Gasteiger partial charge in [0.15, 0.2) is 0 Å². The molecule has 0 aliphatic rings. The standard InChI is InChI=1S/C13H9BrN2.C6H4BrNO2/c14-11-6-10-7-12(16-13(10)15-8-11)9-4-2-1-3-5-9;7-5-3-1-2-4(8-5)6(9)10/h1-8H,(H,15,16);1-3H,(H,9,10). The van der Waals surface area contributed by atoms with E-state index < -0.39 is 5.97 Å². The predicted molar refractivity (Wildman–Crippen MR) is 108 cm³/mol. The Hall–Kier alpha value is -2.51. The Kier molecular flexibility index (Phi) is 5.80. The van der Waals surface area contributed by atoms with Crippen LogP contribution in [0.2, 0.25) is 0 Å². The molecular weight excluding hydrogens is 462 g/mol. The number of carboxylic acid groups (broad SMARTS) is 1. The molecule has 4 aromatic rings. The van der Waals surface area contributed by atoms with Gasteiger partial charge in [0.25, 0.3) is 0 Å². The first kappa shape index (κ1) is 18.3. The smallest absolute Gasteiger partial charge is 0.354 e. The quantitative estimate of drug-likeness (QED) is 0.374. The van der Waals surface area contributed by atoms with Gasteiger partial charge in [-0.3, -0.25) is 0 Å². The highest BCUT2D eigenvalue weighted by Gasteiger charge is 2.04. The number of nitrogens with one attached hydrogen (secondary N) is 1. The number of nitrogens with zero attached hydrogens (tertiary/aromatic N) is 2. The van der Waals surface area contributed by atoms with Crippen LogP contribution in [0.25, 0.3) is 22.3 Å². The van der Waals surface area contributed by atoms with Crippen molar-refractivity contribution in [1.82, 2.24) is 15.0 Å². The summed E-state index contributed by atoms with van der Waals surface area (Å²) in [7, 11) is 0. The maximum Gasteiger partial charge on any atom is 0.354 e. The van der Waals surface area contributed by atoms with Gasteiger partial charge >= 0.3 is 5.97 Å². The lowest BCUT2D eigenvalue weighted by Gasteiger charge is -1.94. The SMILES string of the molecule is Brc1cnc2[nH]c(-c3ccccc3)cc2c1.O=C(O)c1cccc(Br)n1. The Morgan fingerprint density at radius 2 is 1.77 bits per heavy atom. The average molecular weight is 475 g/mol. The van der Waals surface area contributed by atoms with Crippen molar-refractivity contribution in [2.45, 2.75) is 0 Å². The highest BCUT2D eigenvalue weighted by molar-refractivity contribution is 9.10. The van der Waals surface area contributed by atoms with Crippen LogP contribution in [0.3, 0.4) is 0 Å². The largest absolute Gasteiger partial charge is 0.477 e. The van der Waals surface area contributed by atoms with Crippen molar-refractivity contribution < 1.29 is 9.90 Å². The number of carboxylic acids is 1. The van der Waals surface area contributed by atoms with Crippen molar-refractivity contribution in [3.8, 4) is 11.3 Å². The van der Waals surface area contributed by atoms with E-state index >= 15 is 0 Å². The zero-order chi connectivity index (χ0) is 18.5. The van der Waals surface area contributed by atoms with Gasteiger partial charge in [-0.05, 0) is 61.7 Å². The molecule has 4 rings (SSSR count). The summed E-state index contributed by atoms with van der Waals surface area (Å²) < 4.78 is 1.53. The van der Waals surface area contributed by atoms with E-state index in [1.165, 1.54) is 11.6 Å². The second-order valence-electron chi connectivity index (χ2n) is 5.29. The van der Waals surface area contributed by atoms with Gasteiger partial charge in [0.2, 0.25) is 0 Å². The van der Waals surface area contributed by atoms with Crippen molar-refractivity contribution >= 4 is 48.9 Å². The molecule has 0 radical (unpaired) electrons. The van der Waals surface area contributed by atoms with Crippen molar-refractivity contribution in [3.05, 3.63) is 81.6 Å². The van der Waals surface area contributed by atoms with E-state index in [1.54, 1.807) is 18.3 Å². The van der Waals surface area contributed by atoms with Gasteiger partial charge < -0.3 is 10.1 Å². The molecule has 0 amide bonds. The van der Waals surface area contributed by atoms with Gasteiger partial charge in [-0.2, -0.15) is 0 Å². The van der Waals surface area contributed by atoms with Crippen LogP contribution in [0.1, 0.15) is 10.5 Å². The number of halogens is 2. The van der Waals surface area contributed by atoms with Crippen LogP contribution in [0.4, 0.5) is 0 Å². The summed E-state index contributed by atoms with van der Waals surface area (Å²) in [5, 5.41) is 9.54. The number of hydrogen-bond acceptors (Lipinski definition) is 3. The fourth-order valence-electron chi connectivity index (χ4n) is 2.29. The first-order chi connectivity index (χ1) is 12.5. The van der Waals surface area contributed by atoms with Crippen LogP contribution in [-0.2, 0) is 0 Å². The van der Waals surface area contributed by atoms with Crippen molar-refractivity contribution in [1.29, 1.82) is 0 Å². The Balaban J connectivity index is 0.000000170. The van der Waals surface area contributed by atoms with E-state index in [4.69, 9.17) is 5.11 Å². The number of H-pyrrole nitrogens is 1. The van der Waals surface area contributed by atoms with Crippen molar-refractivity contribution in [2.75, 3.05) is 0 Å². The number of aromatic nitrogens is 3. The molecule has 0 atom stereocenters. The lowest BCUT2D eigenvalue weighted by Crippen LogP contribution is -1.98. The molecule has 26 heavy (non-hydrogen) atoms. The highest BCUT2D eigenvalue weighted by atomic mass is 79.9. The molecule has 3 aromatic heterocycles.